The molecule has 0 saturated carbocycles. The number of halogens is 3. The van der Waals surface area contributed by atoms with Crippen LogP contribution in [0.5, 0.6) is 0 Å². The number of hydrogen-bond acceptors (Lipinski definition) is 2. The number of nitrogens with one attached hydrogen (secondary N) is 1. The highest BCUT2D eigenvalue weighted by Crippen LogP contribution is 2.29. The van der Waals surface area contributed by atoms with Crippen LogP contribution >= 0.6 is 0 Å². The van der Waals surface area contributed by atoms with Crippen LogP contribution < -0.4 is 5.32 Å². The summed E-state index contributed by atoms with van der Waals surface area (Å²) in [4.78, 5) is 26.5. The van der Waals surface area contributed by atoms with Gasteiger partial charge in [0, 0.05) is 13.6 Å². The van der Waals surface area contributed by atoms with E-state index in [4.69, 9.17) is 0 Å². The molecule has 3 rings (SSSR count). The van der Waals surface area contributed by atoms with Gasteiger partial charge in [-0.15, -0.1) is 0 Å². The molecule has 0 aliphatic rings. The van der Waals surface area contributed by atoms with E-state index in [-0.39, 0.29) is 24.8 Å². The zero-order chi connectivity index (χ0) is 22.6. The third-order valence-corrected chi connectivity index (χ3v) is 5.06. The first-order chi connectivity index (χ1) is 14.6. The maximum atomic E-state index is 12.7. The van der Waals surface area contributed by atoms with Crippen LogP contribution in [0.2, 0.25) is 0 Å². The molecule has 1 N–H and O–H groups in total. The molecule has 0 bridgehead atoms. The van der Waals surface area contributed by atoms with Crippen LogP contribution in [0.1, 0.15) is 23.6 Å². The second-order valence-corrected chi connectivity index (χ2v) is 7.49. The largest absolute Gasteiger partial charge is 0.416 e. The smallest absolute Gasteiger partial charge is 0.344 e. The summed E-state index contributed by atoms with van der Waals surface area (Å²) in [5.41, 5.74) is 0.700. The predicted molar refractivity (Wildman–Crippen MR) is 113 cm³/mol. The van der Waals surface area contributed by atoms with Gasteiger partial charge in [0.05, 0.1) is 12.0 Å². The van der Waals surface area contributed by atoms with Gasteiger partial charge in [0.1, 0.15) is 6.04 Å². The van der Waals surface area contributed by atoms with Gasteiger partial charge in [-0.2, -0.15) is 13.2 Å². The lowest BCUT2D eigenvalue weighted by Crippen LogP contribution is -2.45. The molecule has 4 nitrogen and oxygen atoms in total. The number of hydrogen-bond donors (Lipinski definition) is 1. The molecule has 0 aromatic heterocycles. The van der Waals surface area contributed by atoms with Crippen LogP contribution in [0, 0.1) is 0 Å². The molecule has 0 spiro atoms. The molecule has 2 amide bonds. The molecular weight excluding hydrogens is 405 g/mol. The summed E-state index contributed by atoms with van der Waals surface area (Å²) in [5, 5.41) is 4.73. The van der Waals surface area contributed by atoms with Gasteiger partial charge in [0.25, 0.3) is 0 Å². The second-order valence-electron chi connectivity index (χ2n) is 7.49. The summed E-state index contributed by atoms with van der Waals surface area (Å²) in [6.07, 6.45) is -4.26. The molecule has 0 unspecified atom stereocenters. The molecule has 0 heterocycles. The third kappa shape index (κ3) is 5.63. The highest BCUT2D eigenvalue weighted by atomic mass is 19.4. The van der Waals surface area contributed by atoms with E-state index >= 15 is 0 Å². The summed E-state index contributed by atoms with van der Waals surface area (Å²) in [6, 6.07) is 17.4. The van der Waals surface area contributed by atoms with Gasteiger partial charge >= 0.3 is 6.18 Å². The van der Waals surface area contributed by atoms with Gasteiger partial charge in [-0.3, -0.25) is 9.59 Å². The Morgan fingerprint density at radius 2 is 1.61 bits per heavy atom. The Morgan fingerprint density at radius 1 is 0.968 bits per heavy atom. The maximum absolute atomic E-state index is 12.7. The lowest BCUT2D eigenvalue weighted by Gasteiger charge is -2.22. The number of fused-ring (bicyclic) bond motifs is 1. The molecule has 0 aliphatic heterocycles. The number of carbonyl (C=O) groups is 2. The van der Waals surface area contributed by atoms with Crippen LogP contribution in [-0.4, -0.2) is 29.8 Å². The molecular formula is C24H23F3N2O2. The Hall–Kier alpha value is -3.35. The molecule has 0 aliphatic carbocycles. The fourth-order valence-corrected chi connectivity index (χ4v) is 3.46. The average Bonchev–Trinajstić information content (AvgIpc) is 2.73. The minimum atomic E-state index is -4.40. The van der Waals surface area contributed by atoms with Gasteiger partial charge in [-0.25, -0.2) is 0 Å². The average molecular weight is 428 g/mol. The monoisotopic (exact) mass is 428 g/mol. The van der Waals surface area contributed by atoms with Gasteiger partial charge in [-0.1, -0.05) is 54.6 Å². The first-order valence-electron chi connectivity index (χ1n) is 9.82. The first kappa shape index (κ1) is 22.3. The number of nitrogens with zero attached hydrogens (tertiary/aromatic N) is 1. The van der Waals surface area contributed by atoms with Gasteiger partial charge in [0.2, 0.25) is 11.8 Å². The van der Waals surface area contributed by atoms with E-state index in [2.05, 4.69) is 5.32 Å². The number of carbonyl (C=O) groups excluding carboxylic acids is 2. The van der Waals surface area contributed by atoms with E-state index in [1.165, 1.54) is 17.0 Å². The fraction of sp³-hybridized carbons (Fsp3) is 0.250. The van der Waals surface area contributed by atoms with Crippen molar-refractivity contribution < 1.29 is 22.8 Å². The summed E-state index contributed by atoms with van der Waals surface area (Å²) in [7, 11) is 1.55. The molecule has 7 heteroatoms. The Morgan fingerprint density at radius 3 is 2.29 bits per heavy atom. The Kier molecular flexibility index (Phi) is 6.63. The zero-order valence-corrected chi connectivity index (χ0v) is 17.2. The van der Waals surface area contributed by atoms with Crippen molar-refractivity contribution in [2.75, 3.05) is 7.05 Å². The standard InChI is InChI=1S/C24H23F3N2O2/c1-16(23(31)29(2)15-17-10-12-20(13-11-17)24(25,26)27)28-22(30)14-19-8-5-7-18-6-3-4-9-21(18)19/h3-13,16H,14-15H2,1-2H3,(H,28,30)/t16-/m0/s1. The Bertz CT molecular complexity index is 1070. The molecule has 1 atom stereocenters. The topological polar surface area (TPSA) is 49.4 Å². The van der Waals surface area contributed by atoms with E-state index in [1.54, 1.807) is 14.0 Å². The highest BCUT2D eigenvalue weighted by Gasteiger charge is 2.30. The van der Waals surface area contributed by atoms with Crippen molar-refractivity contribution in [2.45, 2.75) is 32.1 Å². The Balaban J connectivity index is 1.58. The van der Waals surface area contributed by atoms with Gasteiger partial charge in [-0.05, 0) is 41.0 Å². The van der Waals surface area contributed by atoms with Crippen molar-refractivity contribution in [1.82, 2.24) is 10.2 Å². The van der Waals surface area contributed by atoms with E-state index in [9.17, 15) is 22.8 Å². The fourth-order valence-electron chi connectivity index (χ4n) is 3.46. The molecule has 0 fully saturated rings. The quantitative estimate of drug-likeness (QED) is 0.626. The summed E-state index contributed by atoms with van der Waals surface area (Å²) in [5.74, 6) is -0.605. The number of benzene rings is 3. The predicted octanol–water partition coefficient (Wildman–Crippen LogP) is 4.56. The van der Waals surface area contributed by atoms with E-state index in [0.29, 0.717) is 5.56 Å². The van der Waals surface area contributed by atoms with Crippen molar-refractivity contribution in [3.63, 3.8) is 0 Å². The van der Waals surface area contributed by atoms with Crippen molar-refractivity contribution >= 4 is 22.6 Å². The second kappa shape index (κ2) is 9.20. The normalized spacial score (nSPS) is 12.4. The first-order valence-corrected chi connectivity index (χ1v) is 9.82. The van der Waals surface area contributed by atoms with Crippen LogP contribution in [-0.2, 0) is 28.7 Å². The number of alkyl halides is 3. The minimum absolute atomic E-state index is 0.139. The van der Waals surface area contributed by atoms with Gasteiger partial charge < -0.3 is 10.2 Å². The third-order valence-electron chi connectivity index (χ3n) is 5.06. The van der Waals surface area contributed by atoms with Crippen molar-refractivity contribution in [2.24, 2.45) is 0 Å². The maximum Gasteiger partial charge on any atom is 0.416 e. The molecule has 0 saturated heterocycles. The number of rotatable bonds is 6. The lowest BCUT2D eigenvalue weighted by atomic mass is 10.0. The van der Waals surface area contributed by atoms with Crippen LogP contribution in [0.3, 0.4) is 0 Å². The molecule has 0 radical (unpaired) electrons. The van der Waals surface area contributed by atoms with E-state index < -0.39 is 17.8 Å². The lowest BCUT2D eigenvalue weighted by molar-refractivity contribution is -0.137. The Labute approximate surface area is 178 Å². The number of likely N-dealkylation sites (N-methyl/N-ethyl adjacent to an activating group) is 1. The van der Waals surface area contributed by atoms with Gasteiger partial charge in [0.15, 0.2) is 0 Å². The van der Waals surface area contributed by atoms with E-state index in [1.807, 2.05) is 42.5 Å². The van der Waals surface area contributed by atoms with Crippen LogP contribution in [0.4, 0.5) is 13.2 Å². The highest BCUT2D eigenvalue weighted by molar-refractivity contribution is 5.92. The molecule has 3 aromatic rings. The van der Waals surface area contributed by atoms with Crippen molar-refractivity contribution in [3.8, 4) is 0 Å². The van der Waals surface area contributed by atoms with E-state index in [0.717, 1.165) is 28.5 Å². The molecule has 31 heavy (non-hydrogen) atoms. The minimum Gasteiger partial charge on any atom is -0.344 e. The van der Waals surface area contributed by atoms with Crippen molar-refractivity contribution in [3.05, 3.63) is 83.4 Å². The van der Waals surface area contributed by atoms with Crippen LogP contribution in [0.25, 0.3) is 10.8 Å². The molecule has 3 aromatic carbocycles. The van der Waals surface area contributed by atoms with Crippen LogP contribution in [0.15, 0.2) is 66.7 Å². The molecule has 162 valence electrons. The summed E-state index contributed by atoms with van der Waals surface area (Å²) < 4.78 is 38.0. The zero-order valence-electron chi connectivity index (χ0n) is 17.2. The number of amides is 2. The summed E-state index contributed by atoms with van der Waals surface area (Å²) in [6.45, 7) is 1.73. The SMILES string of the molecule is C[C@H](NC(=O)Cc1cccc2ccccc12)C(=O)N(C)Cc1ccc(C(F)(F)F)cc1. The summed E-state index contributed by atoms with van der Waals surface area (Å²) >= 11 is 0. The van der Waals surface area contributed by atoms with Crippen molar-refractivity contribution in [1.29, 1.82) is 0 Å².